The van der Waals surface area contributed by atoms with Crippen LogP contribution in [0, 0.1) is 0 Å². The summed E-state index contributed by atoms with van der Waals surface area (Å²) >= 11 is 3.34. The van der Waals surface area contributed by atoms with Gasteiger partial charge in [-0.25, -0.2) is 0 Å². The van der Waals surface area contributed by atoms with Gasteiger partial charge in [0.25, 0.3) is 0 Å². The molecule has 0 aliphatic carbocycles. The van der Waals surface area contributed by atoms with E-state index in [1.165, 1.54) is 6.92 Å². The number of hydrogen-bond acceptors (Lipinski definition) is 1. The van der Waals surface area contributed by atoms with Crippen LogP contribution in [0.15, 0.2) is 35.3 Å². The van der Waals surface area contributed by atoms with Crippen molar-refractivity contribution < 1.29 is 4.79 Å². The second kappa shape index (κ2) is 4.23. The highest BCUT2D eigenvalue weighted by Gasteiger charge is 2.00. The number of halogens is 1. The van der Waals surface area contributed by atoms with Gasteiger partial charge in [-0.05, 0) is 17.7 Å². The summed E-state index contributed by atoms with van der Waals surface area (Å²) in [5.74, 6) is -0.107. The highest BCUT2D eigenvalue weighted by molar-refractivity contribution is 9.10. The van der Waals surface area contributed by atoms with E-state index in [-0.39, 0.29) is 5.91 Å². The van der Waals surface area contributed by atoms with E-state index in [1.807, 2.05) is 24.3 Å². The molecule has 0 unspecified atom stereocenters. The van der Waals surface area contributed by atoms with Crippen LogP contribution in [0.4, 0.5) is 0 Å². The molecule has 68 valence electrons. The fourth-order valence-corrected chi connectivity index (χ4v) is 1.36. The summed E-state index contributed by atoms with van der Waals surface area (Å²) in [6, 6.07) is 7.61. The van der Waals surface area contributed by atoms with Crippen LogP contribution in [-0.4, -0.2) is 5.91 Å². The Kier molecular flexibility index (Phi) is 3.25. The van der Waals surface area contributed by atoms with Crippen molar-refractivity contribution in [3.63, 3.8) is 0 Å². The molecule has 0 fully saturated rings. The molecule has 0 bridgehead atoms. The van der Waals surface area contributed by atoms with Crippen molar-refractivity contribution >= 4 is 27.5 Å². The molecule has 1 amide bonds. The lowest BCUT2D eigenvalue weighted by molar-refractivity contribution is -0.117. The van der Waals surface area contributed by atoms with E-state index in [0.29, 0.717) is 5.70 Å². The molecule has 0 saturated carbocycles. The molecule has 0 aromatic heterocycles. The van der Waals surface area contributed by atoms with E-state index in [2.05, 4.69) is 27.8 Å². The van der Waals surface area contributed by atoms with Gasteiger partial charge in [-0.15, -0.1) is 0 Å². The quantitative estimate of drug-likeness (QED) is 0.845. The van der Waals surface area contributed by atoms with Crippen LogP contribution in [-0.2, 0) is 4.79 Å². The molecular formula is C10H10BrNO. The van der Waals surface area contributed by atoms with Gasteiger partial charge < -0.3 is 5.32 Å². The van der Waals surface area contributed by atoms with Gasteiger partial charge in [0, 0.05) is 17.1 Å². The van der Waals surface area contributed by atoms with Crippen LogP contribution in [0.2, 0.25) is 0 Å². The first-order valence-corrected chi connectivity index (χ1v) is 4.61. The number of rotatable bonds is 2. The average molecular weight is 240 g/mol. The lowest BCUT2D eigenvalue weighted by atomic mass is 10.2. The normalized spacial score (nSPS) is 9.38. The SMILES string of the molecule is C=C(NC(C)=O)c1cccc(Br)c1. The Hall–Kier alpha value is -1.09. The lowest BCUT2D eigenvalue weighted by Crippen LogP contribution is -2.17. The van der Waals surface area contributed by atoms with Crippen LogP contribution in [0.25, 0.3) is 5.70 Å². The predicted octanol–water partition coefficient (Wildman–Crippen LogP) is 2.56. The van der Waals surface area contributed by atoms with E-state index >= 15 is 0 Å². The van der Waals surface area contributed by atoms with Gasteiger partial charge >= 0.3 is 0 Å². The third-order valence-electron chi connectivity index (χ3n) is 1.50. The number of amides is 1. The van der Waals surface area contributed by atoms with Crippen molar-refractivity contribution in [2.24, 2.45) is 0 Å². The minimum Gasteiger partial charge on any atom is -0.326 e. The highest BCUT2D eigenvalue weighted by atomic mass is 79.9. The molecule has 0 saturated heterocycles. The maximum atomic E-state index is 10.7. The standard InChI is InChI=1S/C10H10BrNO/c1-7(12-8(2)13)9-4-3-5-10(11)6-9/h3-6H,1H2,2H3,(H,12,13). The van der Waals surface area contributed by atoms with E-state index in [9.17, 15) is 4.79 Å². The summed E-state index contributed by atoms with van der Waals surface area (Å²) in [5, 5.41) is 2.63. The zero-order valence-corrected chi connectivity index (χ0v) is 8.89. The number of benzene rings is 1. The Labute approximate surface area is 85.8 Å². The molecule has 13 heavy (non-hydrogen) atoms. The van der Waals surface area contributed by atoms with Crippen molar-refractivity contribution in [3.05, 3.63) is 40.9 Å². The van der Waals surface area contributed by atoms with Gasteiger partial charge in [-0.1, -0.05) is 34.6 Å². The molecule has 1 rings (SSSR count). The van der Waals surface area contributed by atoms with Gasteiger partial charge in [0.1, 0.15) is 0 Å². The fraction of sp³-hybridized carbons (Fsp3) is 0.100. The molecule has 0 aliphatic heterocycles. The minimum atomic E-state index is -0.107. The summed E-state index contributed by atoms with van der Waals surface area (Å²) in [7, 11) is 0. The van der Waals surface area contributed by atoms with Crippen molar-refractivity contribution in [2.75, 3.05) is 0 Å². The highest BCUT2D eigenvalue weighted by Crippen LogP contribution is 2.15. The molecule has 0 aliphatic rings. The Morgan fingerprint density at radius 1 is 1.54 bits per heavy atom. The molecule has 2 nitrogen and oxygen atoms in total. The smallest absolute Gasteiger partial charge is 0.221 e. The van der Waals surface area contributed by atoms with E-state index in [4.69, 9.17) is 0 Å². The molecule has 1 aromatic rings. The minimum absolute atomic E-state index is 0.107. The number of carbonyl (C=O) groups excluding carboxylic acids is 1. The van der Waals surface area contributed by atoms with Gasteiger partial charge in [0.05, 0.1) is 0 Å². The van der Waals surface area contributed by atoms with Gasteiger partial charge in [-0.2, -0.15) is 0 Å². The molecule has 1 N–H and O–H groups in total. The summed E-state index contributed by atoms with van der Waals surface area (Å²) in [6.45, 7) is 5.21. The number of carbonyl (C=O) groups is 1. The Morgan fingerprint density at radius 2 is 2.23 bits per heavy atom. The van der Waals surface area contributed by atoms with E-state index < -0.39 is 0 Å². The van der Waals surface area contributed by atoms with Crippen LogP contribution >= 0.6 is 15.9 Å². The molecular weight excluding hydrogens is 230 g/mol. The molecule has 0 heterocycles. The summed E-state index contributed by atoms with van der Waals surface area (Å²) in [6.07, 6.45) is 0. The topological polar surface area (TPSA) is 29.1 Å². The average Bonchev–Trinajstić information content (AvgIpc) is 2.03. The van der Waals surface area contributed by atoms with E-state index in [1.54, 1.807) is 0 Å². The van der Waals surface area contributed by atoms with Gasteiger partial charge in [0.15, 0.2) is 0 Å². The third-order valence-corrected chi connectivity index (χ3v) is 1.99. The van der Waals surface area contributed by atoms with Gasteiger partial charge in [-0.3, -0.25) is 4.79 Å². The first-order valence-electron chi connectivity index (χ1n) is 3.82. The van der Waals surface area contributed by atoms with Crippen molar-refractivity contribution in [3.8, 4) is 0 Å². The Bertz CT molecular complexity index is 347. The van der Waals surface area contributed by atoms with Crippen LogP contribution < -0.4 is 5.32 Å². The Morgan fingerprint density at radius 3 is 2.77 bits per heavy atom. The zero-order valence-electron chi connectivity index (χ0n) is 7.30. The van der Waals surface area contributed by atoms with Crippen molar-refractivity contribution in [2.45, 2.75) is 6.92 Å². The van der Waals surface area contributed by atoms with Crippen LogP contribution in [0.3, 0.4) is 0 Å². The Balaban J connectivity index is 2.83. The third kappa shape index (κ3) is 3.03. The maximum absolute atomic E-state index is 10.7. The summed E-state index contributed by atoms with van der Waals surface area (Å²) in [4.78, 5) is 10.7. The number of nitrogens with one attached hydrogen (secondary N) is 1. The maximum Gasteiger partial charge on any atom is 0.221 e. The van der Waals surface area contributed by atoms with Gasteiger partial charge in [0.2, 0.25) is 5.91 Å². The fourth-order valence-electron chi connectivity index (χ4n) is 0.961. The number of hydrogen-bond donors (Lipinski definition) is 1. The first-order chi connectivity index (χ1) is 6.09. The molecule has 0 atom stereocenters. The second-order valence-electron chi connectivity index (χ2n) is 2.67. The summed E-state index contributed by atoms with van der Waals surface area (Å²) in [5.41, 5.74) is 1.53. The van der Waals surface area contributed by atoms with Crippen LogP contribution in [0.5, 0.6) is 0 Å². The molecule has 1 aromatic carbocycles. The predicted molar refractivity (Wildman–Crippen MR) is 57.0 cm³/mol. The van der Waals surface area contributed by atoms with E-state index in [0.717, 1.165) is 10.0 Å². The van der Waals surface area contributed by atoms with Crippen molar-refractivity contribution in [1.29, 1.82) is 0 Å². The van der Waals surface area contributed by atoms with Crippen molar-refractivity contribution in [1.82, 2.24) is 5.32 Å². The second-order valence-corrected chi connectivity index (χ2v) is 3.59. The lowest BCUT2D eigenvalue weighted by Gasteiger charge is -2.05. The zero-order chi connectivity index (χ0) is 9.84. The summed E-state index contributed by atoms with van der Waals surface area (Å²) < 4.78 is 0.969. The first kappa shape index (κ1) is 9.99. The molecule has 0 spiro atoms. The largest absolute Gasteiger partial charge is 0.326 e. The van der Waals surface area contributed by atoms with Crippen LogP contribution in [0.1, 0.15) is 12.5 Å². The molecule has 0 radical (unpaired) electrons. The monoisotopic (exact) mass is 239 g/mol. The molecule has 3 heteroatoms.